The number of halogens is 4. The van der Waals surface area contributed by atoms with Crippen molar-refractivity contribution < 1.29 is 31.2 Å². The number of fused-ring (bicyclic) bond motifs is 1. The average molecular weight is 490 g/mol. The molecule has 2 amide bonds. The summed E-state index contributed by atoms with van der Waals surface area (Å²) in [6.45, 7) is -0.125. The second-order valence-electron chi connectivity index (χ2n) is 7.33. The predicted molar refractivity (Wildman–Crippen MR) is 114 cm³/mol. The molecule has 1 N–H and O–H groups in total. The zero-order valence-electron chi connectivity index (χ0n) is 17.0. The molecule has 172 valence electrons. The minimum atomic E-state index is -4.68. The number of carbonyl (C=O) groups excluding carboxylic acids is 2. The van der Waals surface area contributed by atoms with E-state index in [4.69, 9.17) is 11.6 Å². The minimum absolute atomic E-state index is 0.106. The van der Waals surface area contributed by atoms with Crippen LogP contribution in [-0.2, 0) is 27.4 Å². The molecule has 1 heterocycles. The Morgan fingerprint density at radius 2 is 1.88 bits per heavy atom. The third-order valence-corrected chi connectivity index (χ3v) is 6.37. The fraction of sp³-hybridized carbons (Fsp3) is 0.300. The maximum absolute atomic E-state index is 13.0. The second kappa shape index (κ2) is 8.62. The third kappa shape index (κ3) is 5.16. The summed E-state index contributed by atoms with van der Waals surface area (Å²) in [6, 6.07) is 7.55. The number of amides is 2. The van der Waals surface area contributed by atoms with E-state index in [1.165, 1.54) is 29.6 Å². The molecule has 0 fully saturated rings. The van der Waals surface area contributed by atoms with Crippen molar-refractivity contribution in [2.45, 2.75) is 12.6 Å². The van der Waals surface area contributed by atoms with Crippen LogP contribution >= 0.6 is 11.6 Å². The van der Waals surface area contributed by atoms with Crippen LogP contribution in [-0.4, -0.2) is 51.5 Å². The molecule has 0 aliphatic carbocycles. The van der Waals surface area contributed by atoms with Gasteiger partial charge in [0, 0.05) is 24.8 Å². The number of nitrogens with zero attached hydrogens (tertiary/aromatic N) is 2. The van der Waals surface area contributed by atoms with E-state index in [0.29, 0.717) is 17.7 Å². The lowest BCUT2D eigenvalue weighted by Crippen LogP contribution is -2.35. The van der Waals surface area contributed by atoms with Gasteiger partial charge in [0.15, 0.2) is 0 Å². The highest BCUT2D eigenvalue weighted by Gasteiger charge is 2.33. The second-order valence-corrected chi connectivity index (χ2v) is 9.64. The van der Waals surface area contributed by atoms with E-state index >= 15 is 0 Å². The van der Waals surface area contributed by atoms with Gasteiger partial charge < -0.3 is 10.2 Å². The summed E-state index contributed by atoms with van der Waals surface area (Å²) in [5.74, 6) is -1.19. The van der Waals surface area contributed by atoms with Crippen molar-refractivity contribution in [3.63, 3.8) is 0 Å². The van der Waals surface area contributed by atoms with E-state index in [2.05, 4.69) is 5.32 Å². The number of anilines is 2. The topological polar surface area (TPSA) is 86.8 Å². The van der Waals surface area contributed by atoms with Gasteiger partial charge in [0.2, 0.25) is 15.9 Å². The SMILES string of the molecule is CN(CC(=O)Nc1ccc(Cl)c(C(F)(F)F)c1)C(=O)c1ccc2c(c1)CCN2S(C)(=O)=O. The Hall–Kier alpha value is -2.79. The molecule has 3 rings (SSSR count). The molecule has 0 aromatic heterocycles. The van der Waals surface area contributed by atoms with E-state index in [1.54, 1.807) is 6.07 Å². The van der Waals surface area contributed by atoms with E-state index < -0.39 is 45.1 Å². The Kier molecular flexibility index (Phi) is 6.43. The van der Waals surface area contributed by atoms with Crippen LogP contribution in [0.5, 0.6) is 0 Å². The maximum atomic E-state index is 13.0. The number of sulfonamides is 1. The van der Waals surface area contributed by atoms with Crippen LogP contribution in [0.2, 0.25) is 5.02 Å². The molecule has 0 saturated heterocycles. The first-order valence-corrected chi connectivity index (χ1v) is 11.5. The Morgan fingerprint density at radius 3 is 2.50 bits per heavy atom. The van der Waals surface area contributed by atoms with E-state index in [9.17, 15) is 31.2 Å². The van der Waals surface area contributed by atoms with Crippen LogP contribution in [0, 0.1) is 0 Å². The Morgan fingerprint density at radius 1 is 1.19 bits per heavy atom. The van der Waals surface area contributed by atoms with Gasteiger partial charge in [0.1, 0.15) is 0 Å². The zero-order valence-corrected chi connectivity index (χ0v) is 18.6. The van der Waals surface area contributed by atoms with Crippen molar-refractivity contribution in [3.05, 3.63) is 58.1 Å². The van der Waals surface area contributed by atoms with Gasteiger partial charge in [-0.05, 0) is 48.4 Å². The number of carbonyl (C=O) groups is 2. The lowest BCUT2D eigenvalue weighted by Gasteiger charge is -2.19. The maximum Gasteiger partial charge on any atom is 0.417 e. The van der Waals surface area contributed by atoms with Gasteiger partial charge in [-0.1, -0.05) is 11.6 Å². The highest BCUT2D eigenvalue weighted by molar-refractivity contribution is 7.92. The first kappa shape index (κ1) is 23.9. The molecule has 32 heavy (non-hydrogen) atoms. The van der Waals surface area contributed by atoms with Crippen molar-refractivity contribution in [2.75, 3.05) is 36.0 Å². The molecule has 1 aliphatic heterocycles. The minimum Gasteiger partial charge on any atom is -0.332 e. The molecule has 1 aliphatic rings. The molecule has 2 aromatic rings. The molecule has 0 saturated carbocycles. The predicted octanol–water partition coefficient (Wildman–Crippen LogP) is 3.39. The van der Waals surface area contributed by atoms with Gasteiger partial charge in [-0.25, -0.2) is 8.42 Å². The molecule has 2 aromatic carbocycles. The highest BCUT2D eigenvalue weighted by Crippen LogP contribution is 2.36. The number of benzene rings is 2. The number of rotatable bonds is 5. The van der Waals surface area contributed by atoms with Gasteiger partial charge in [0.25, 0.3) is 5.91 Å². The van der Waals surface area contributed by atoms with Crippen LogP contribution in [0.4, 0.5) is 24.5 Å². The fourth-order valence-corrected chi connectivity index (χ4v) is 4.56. The first-order chi connectivity index (χ1) is 14.8. The standard InChI is InChI=1S/C20H19ClF3N3O4S/c1-26(11-18(28)25-14-4-5-16(21)15(10-14)20(22,23)24)19(29)13-3-6-17-12(9-13)7-8-27(17)32(2,30)31/h3-6,9-10H,7-8,11H2,1-2H3,(H,25,28). The molecule has 0 unspecified atom stereocenters. The quantitative estimate of drug-likeness (QED) is 0.697. The van der Waals surface area contributed by atoms with E-state index in [-0.39, 0.29) is 17.8 Å². The van der Waals surface area contributed by atoms with Crippen molar-refractivity contribution in [3.8, 4) is 0 Å². The Balaban J connectivity index is 1.68. The number of alkyl halides is 3. The lowest BCUT2D eigenvalue weighted by molar-refractivity contribution is -0.137. The molecule has 0 radical (unpaired) electrons. The van der Waals surface area contributed by atoms with Gasteiger partial charge in [0.05, 0.1) is 29.1 Å². The third-order valence-electron chi connectivity index (χ3n) is 4.86. The van der Waals surface area contributed by atoms with Gasteiger partial charge >= 0.3 is 6.18 Å². The summed E-state index contributed by atoms with van der Waals surface area (Å²) in [5.41, 5.74) is 0.279. The van der Waals surface area contributed by atoms with Gasteiger partial charge in [-0.3, -0.25) is 13.9 Å². The normalized spacial score (nSPS) is 13.6. The Bertz CT molecular complexity index is 1190. The zero-order chi connectivity index (χ0) is 23.8. The van der Waals surface area contributed by atoms with Crippen LogP contribution in [0.25, 0.3) is 0 Å². The number of likely N-dealkylation sites (N-methyl/N-ethyl adjacent to an activating group) is 1. The monoisotopic (exact) mass is 489 g/mol. The summed E-state index contributed by atoms with van der Waals surface area (Å²) < 4.78 is 63.8. The molecule has 0 spiro atoms. The number of nitrogens with one attached hydrogen (secondary N) is 1. The molecule has 7 nitrogen and oxygen atoms in total. The lowest BCUT2D eigenvalue weighted by atomic mass is 10.1. The van der Waals surface area contributed by atoms with Gasteiger partial charge in [-0.2, -0.15) is 13.2 Å². The molecule has 12 heteroatoms. The summed E-state index contributed by atoms with van der Waals surface area (Å²) in [4.78, 5) is 26.1. The fourth-order valence-electron chi connectivity index (χ4n) is 3.38. The Labute approximate surface area is 187 Å². The van der Waals surface area contributed by atoms with E-state index in [0.717, 1.165) is 23.3 Å². The molecule has 0 bridgehead atoms. The average Bonchev–Trinajstić information content (AvgIpc) is 3.11. The highest BCUT2D eigenvalue weighted by atomic mass is 35.5. The summed E-state index contributed by atoms with van der Waals surface area (Å²) in [6.07, 6.45) is -3.12. The van der Waals surface area contributed by atoms with Crippen LogP contribution in [0.15, 0.2) is 36.4 Å². The van der Waals surface area contributed by atoms with Crippen LogP contribution in [0.1, 0.15) is 21.5 Å². The molecular weight excluding hydrogens is 471 g/mol. The summed E-state index contributed by atoms with van der Waals surface area (Å²) in [5, 5.41) is 1.83. The number of hydrogen-bond donors (Lipinski definition) is 1. The molecular formula is C20H19ClF3N3O4S. The smallest absolute Gasteiger partial charge is 0.332 e. The van der Waals surface area contributed by atoms with E-state index in [1.807, 2.05) is 0 Å². The first-order valence-electron chi connectivity index (χ1n) is 9.30. The van der Waals surface area contributed by atoms with Crippen molar-refractivity contribution in [1.29, 1.82) is 0 Å². The van der Waals surface area contributed by atoms with Crippen molar-refractivity contribution in [1.82, 2.24) is 4.90 Å². The van der Waals surface area contributed by atoms with Gasteiger partial charge in [-0.15, -0.1) is 0 Å². The van der Waals surface area contributed by atoms with Crippen LogP contribution in [0.3, 0.4) is 0 Å². The summed E-state index contributed by atoms with van der Waals surface area (Å²) >= 11 is 5.56. The van der Waals surface area contributed by atoms with Crippen molar-refractivity contribution >= 4 is 44.8 Å². The molecule has 0 atom stereocenters. The largest absolute Gasteiger partial charge is 0.417 e. The number of hydrogen-bond acceptors (Lipinski definition) is 4. The summed E-state index contributed by atoms with van der Waals surface area (Å²) in [7, 11) is -2.04. The van der Waals surface area contributed by atoms with Crippen molar-refractivity contribution in [2.24, 2.45) is 0 Å². The van der Waals surface area contributed by atoms with Crippen LogP contribution < -0.4 is 9.62 Å².